The number of rotatable bonds is 4. The molecule has 0 aliphatic heterocycles. The molecule has 1 aliphatic carbocycles. The maximum Gasteiger partial charge on any atom is 0.0691 e. The lowest BCUT2D eigenvalue weighted by Gasteiger charge is -2.18. The number of para-hydroxylation sites is 1. The third-order valence-electron chi connectivity index (χ3n) is 4.12. The zero-order valence-corrected chi connectivity index (χ0v) is 13.3. The van der Waals surface area contributed by atoms with Gasteiger partial charge >= 0.3 is 0 Å². The topological polar surface area (TPSA) is 12.0 Å². The SMILES string of the molecule is [CH]1[C](Nc2ccccc2)[CH][C](c2ccccc2)[C]1c1ccccc1. The summed E-state index contributed by atoms with van der Waals surface area (Å²) < 4.78 is 0. The molecule has 1 saturated carbocycles. The van der Waals surface area contributed by atoms with E-state index in [2.05, 4.69) is 91.0 Å². The van der Waals surface area contributed by atoms with E-state index in [9.17, 15) is 0 Å². The zero-order chi connectivity index (χ0) is 16.2. The summed E-state index contributed by atoms with van der Waals surface area (Å²) in [6, 6.07) is 32.5. The van der Waals surface area contributed by atoms with Crippen LogP contribution >= 0.6 is 0 Å². The summed E-state index contributed by atoms with van der Waals surface area (Å²) in [6.45, 7) is 0. The summed E-state index contributed by atoms with van der Waals surface area (Å²) in [7, 11) is 0. The van der Waals surface area contributed by atoms with Crippen LogP contribution in [0.4, 0.5) is 5.69 Å². The summed E-state index contributed by atoms with van der Waals surface area (Å²) in [5.41, 5.74) is 3.57. The fraction of sp³-hybridized carbons (Fsp3) is 0. The summed E-state index contributed by atoms with van der Waals surface area (Å²) >= 11 is 0. The summed E-state index contributed by atoms with van der Waals surface area (Å²) in [6.07, 6.45) is 4.45. The highest BCUT2D eigenvalue weighted by Gasteiger charge is 2.38. The van der Waals surface area contributed by atoms with Gasteiger partial charge in [0.1, 0.15) is 0 Å². The van der Waals surface area contributed by atoms with Crippen molar-refractivity contribution < 1.29 is 0 Å². The molecular formula is C23H18N. The van der Waals surface area contributed by atoms with Gasteiger partial charge in [-0.15, -0.1) is 0 Å². The molecular weight excluding hydrogens is 290 g/mol. The van der Waals surface area contributed by atoms with Gasteiger partial charge in [-0.1, -0.05) is 78.9 Å². The second-order valence-corrected chi connectivity index (χ2v) is 5.79. The summed E-state index contributed by atoms with van der Waals surface area (Å²) in [4.78, 5) is 0. The molecule has 1 fully saturated rings. The van der Waals surface area contributed by atoms with Crippen molar-refractivity contribution >= 4 is 5.69 Å². The molecule has 3 aromatic carbocycles. The highest BCUT2D eigenvalue weighted by molar-refractivity contribution is 5.69. The maximum absolute atomic E-state index is 3.50. The van der Waals surface area contributed by atoms with Crippen LogP contribution in [0.25, 0.3) is 0 Å². The number of anilines is 1. The third-order valence-corrected chi connectivity index (χ3v) is 4.12. The maximum atomic E-state index is 3.50. The minimum atomic E-state index is 1.10. The molecule has 0 spiro atoms. The van der Waals surface area contributed by atoms with E-state index in [1.165, 1.54) is 23.0 Å². The van der Waals surface area contributed by atoms with Crippen LogP contribution in [0.5, 0.6) is 0 Å². The summed E-state index contributed by atoms with van der Waals surface area (Å²) in [5, 5.41) is 3.50. The molecule has 4 rings (SSSR count). The zero-order valence-electron chi connectivity index (χ0n) is 13.3. The standard InChI is InChI=1S/C23H18N/c1-4-10-18(11-5-1)22-16-21(24-20-14-8-3-9-15-20)17-23(22)19-12-6-2-7-13-19/h1-17,24H. The van der Waals surface area contributed by atoms with Crippen LogP contribution in [-0.4, -0.2) is 0 Å². The fourth-order valence-corrected chi connectivity index (χ4v) is 2.98. The van der Waals surface area contributed by atoms with Crippen LogP contribution in [0.2, 0.25) is 0 Å². The van der Waals surface area contributed by atoms with Gasteiger partial charge in [-0.2, -0.15) is 0 Å². The van der Waals surface area contributed by atoms with E-state index in [4.69, 9.17) is 0 Å². The predicted molar refractivity (Wildman–Crippen MR) is 99.5 cm³/mol. The van der Waals surface area contributed by atoms with Crippen LogP contribution in [-0.2, 0) is 0 Å². The van der Waals surface area contributed by atoms with Gasteiger partial charge in [-0.25, -0.2) is 0 Å². The molecule has 0 bridgehead atoms. The average Bonchev–Trinajstić information content (AvgIpc) is 3.08. The summed E-state index contributed by atoms with van der Waals surface area (Å²) in [5.74, 6) is 2.50. The molecule has 1 nitrogen and oxygen atoms in total. The lowest BCUT2D eigenvalue weighted by Crippen LogP contribution is -2.07. The number of benzene rings is 3. The lowest BCUT2D eigenvalue weighted by atomic mass is 9.84. The van der Waals surface area contributed by atoms with Crippen LogP contribution in [0, 0.1) is 30.7 Å². The minimum absolute atomic E-state index is 1.10. The van der Waals surface area contributed by atoms with E-state index in [0.29, 0.717) is 0 Å². The van der Waals surface area contributed by atoms with E-state index in [1.54, 1.807) is 0 Å². The lowest BCUT2D eigenvalue weighted by molar-refractivity contribution is 1.15. The number of nitrogens with one attached hydrogen (secondary N) is 1. The second-order valence-electron chi connectivity index (χ2n) is 5.79. The monoisotopic (exact) mass is 308 g/mol. The third kappa shape index (κ3) is 3.21. The molecule has 0 atom stereocenters. The number of hydrogen-bond donors (Lipinski definition) is 1. The minimum Gasteiger partial charge on any atom is -0.377 e. The Hall–Kier alpha value is -2.54. The van der Waals surface area contributed by atoms with E-state index < -0.39 is 0 Å². The van der Waals surface area contributed by atoms with Crippen LogP contribution < -0.4 is 5.32 Å². The first-order chi connectivity index (χ1) is 11.9. The van der Waals surface area contributed by atoms with Gasteiger partial charge in [0.25, 0.3) is 0 Å². The largest absolute Gasteiger partial charge is 0.377 e. The van der Waals surface area contributed by atoms with Gasteiger partial charge < -0.3 is 5.32 Å². The van der Waals surface area contributed by atoms with E-state index in [1.807, 2.05) is 18.2 Å². The Morgan fingerprint density at radius 3 is 1.33 bits per heavy atom. The van der Waals surface area contributed by atoms with Crippen molar-refractivity contribution in [3.63, 3.8) is 0 Å². The molecule has 1 N–H and O–H groups in total. The van der Waals surface area contributed by atoms with Crippen molar-refractivity contribution in [1.82, 2.24) is 0 Å². The highest BCUT2D eigenvalue weighted by Crippen LogP contribution is 2.46. The molecule has 1 heteroatoms. The molecule has 0 saturated heterocycles. The first kappa shape index (κ1) is 15.0. The molecule has 115 valence electrons. The Bertz CT molecular complexity index is 704. The van der Waals surface area contributed by atoms with Crippen molar-refractivity contribution in [3.8, 4) is 0 Å². The Kier molecular flexibility index (Phi) is 4.33. The van der Waals surface area contributed by atoms with Gasteiger partial charge in [-0.3, -0.25) is 0 Å². The van der Waals surface area contributed by atoms with Gasteiger partial charge in [-0.05, 0) is 23.3 Å². The number of hydrogen-bond acceptors (Lipinski definition) is 1. The molecule has 0 unspecified atom stereocenters. The van der Waals surface area contributed by atoms with E-state index >= 15 is 0 Å². The second kappa shape index (κ2) is 6.92. The van der Waals surface area contributed by atoms with Crippen molar-refractivity contribution in [3.05, 3.63) is 133 Å². The first-order valence-electron chi connectivity index (χ1n) is 8.14. The Balaban J connectivity index is 1.60. The van der Waals surface area contributed by atoms with Gasteiger partial charge in [0.2, 0.25) is 0 Å². The quantitative estimate of drug-likeness (QED) is 0.690. The highest BCUT2D eigenvalue weighted by atomic mass is 14.9. The van der Waals surface area contributed by atoms with Crippen molar-refractivity contribution in [2.45, 2.75) is 0 Å². The fourth-order valence-electron chi connectivity index (χ4n) is 2.98. The Morgan fingerprint density at radius 1 is 0.458 bits per heavy atom. The first-order valence-corrected chi connectivity index (χ1v) is 8.14. The Morgan fingerprint density at radius 2 is 0.875 bits per heavy atom. The molecule has 3 aromatic rings. The molecule has 24 heavy (non-hydrogen) atoms. The molecule has 0 heterocycles. The predicted octanol–water partition coefficient (Wildman–Crippen LogP) is 5.30. The van der Waals surface area contributed by atoms with Crippen LogP contribution in [0.15, 0.2) is 91.0 Å². The van der Waals surface area contributed by atoms with Crippen molar-refractivity contribution in [2.24, 2.45) is 0 Å². The van der Waals surface area contributed by atoms with Crippen LogP contribution in [0.3, 0.4) is 0 Å². The molecule has 0 aromatic heterocycles. The molecule has 0 amide bonds. The van der Waals surface area contributed by atoms with Gasteiger partial charge in [0, 0.05) is 30.4 Å². The van der Waals surface area contributed by atoms with E-state index in [0.717, 1.165) is 11.7 Å². The average molecular weight is 308 g/mol. The Labute approximate surface area is 144 Å². The van der Waals surface area contributed by atoms with E-state index in [-0.39, 0.29) is 0 Å². The molecule has 1 aliphatic rings. The molecule has 5 radical (unpaired) electrons. The normalized spacial score (nSPS) is 16.3. The smallest absolute Gasteiger partial charge is 0.0691 e. The van der Waals surface area contributed by atoms with Crippen molar-refractivity contribution in [1.29, 1.82) is 0 Å². The van der Waals surface area contributed by atoms with Gasteiger partial charge in [0.15, 0.2) is 0 Å². The van der Waals surface area contributed by atoms with Crippen LogP contribution in [0.1, 0.15) is 11.1 Å². The van der Waals surface area contributed by atoms with Crippen molar-refractivity contribution in [2.75, 3.05) is 5.32 Å². The van der Waals surface area contributed by atoms with Gasteiger partial charge in [0.05, 0.1) is 6.04 Å².